The van der Waals surface area contributed by atoms with Crippen LogP contribution >= 0.6 is 11.3 Å². The molecule has 0 bridgehead atoms. The first kappa shape index (κ1) is 24.1. The molecule has 1 aliphatic rings. The first-order valence-electron chi connectivity index (χ1n) is 12.6. The number of pyridine rings is 2. The Labute approximate surface area is 213 Å². The van der Waals surface area contributed by atoms with Crippen LogP contribution in [0.3, 0.4) is 0 Å². The Hall–Kier alpha value is -3.59. The average molecular weight is 505 g/mol. The summed E-state index contributed by atoms with van der Waals surface area (Å²) in [5.41, 5.74) is 15.2. The van der Waals surface area contributed by atoms with E-state index in [4.69, 9.17) is 16.5 Å². The number of nitrogen functional groups attached to an aromatic ring is 1. The minimum atomic E-state index is -0.507. The van der Waals surface area contributed by atoms with Crippen LogP contribution in [0.4, 0.5) is 17.2 Å². The number of carbonyl (C=O) groups excluding carboxylic acids is 1. The second kappa shape index (κ2) is 9.81. The number of nitrogens with one attached hydrogen (secondary N) is 1. The van der Waals surface area contributed by atoms with Crippen LogP contribution < -0.4 is 26.8 Å². The Bertz CT molecular complexity index is 1490. The molecule has 1 fully saturated rings. The summed E-state index contributed by atoms with van der Waals surface area (Å²) in [6.45, 7) is 6.82. The zero-order chi connectivity index (χ0) is 25.4. The quantitative estimate of drug-likeness (QED) is 0.346. The van der Waals surface area contributed by atoms with Crippen LogP contribution in [0.5, 0.6) is 0 Å². The normalized spacial score (nSPS) is 14.6. The van der Waals surface area contributed by atoms with E-state index in [0.29, 0.717) is 16.6 Å². The maximum absolute atomic E-state index is 12.4. The number of anilines is 3. The minimum absolute atomic E-state index is 0.0777. The number of amides is 1. The standard InChI is InChI=1S/C27H32N6O2S/c1-3-7-16-14-21(31-27-23(16)24(28)25(36-27)26(29)35)32-12-10-17(11-13-32)33(4-2)20-15-22(34)30-19-9-6-5-8-18(19)20/h5-6,8-9,14-15,17H,3-4,7,10-13,28H2,1-2H3,(H2,29,35)(H,30,34). The Kier molecular flexibility index (Phi) is 6.57. The van der Waals surface area contributed by atoms with E-state index >= 15 is 0 Å². The summed E-state index contributed by atoms with van der Waals surface area (Å²) < 4.78 is 0. The lowest BCUT2D eigenvalue weighted by atomic mass is 10.0. The number of thiophene rings is 1. The number of H-pyrrole nitrogens is 1. The molecule has 1 aliphatic heterocycles. The van der Waals surface area contributed by atoms with Crippen molar-refractivity contribution in [1.82, 2.24) is 9.97 Å². The molecule has 1 amide bonds. The van der Waals surface area contributed by atoms with Gasteiger partial charge in [-0.05, 0) is 43.9 Å². The Morgan fingerprint density at radius 1 is 1.22 bits per heavy atom. The van der Waals surface area contributed by atoms with Crippen LogP contribution in [0.2, 0.25) is 0 Å². The molecule has 1 saturated heterocycles. The van der Waals surface area contributed by atoms with Crippen molar-refractivity contribution in [1.29, 1.82) is 0 Å². The second-order valence-electron chi connectivity index (χ2n) is 9.35. The van der Waals surface area contributed by atoms with E-state index in [2.05, 4.69) is 40.8 Å². The molecule has 0 unspecified atom stereocenters. The van der Waals surface area contributed by atoms with E-state index in [1.807, 2.05) is 18.2 Å². The molecule has 36 heavy (non-hydrogen) atoms. The number of para-hydroxylation sites is 1. The summed E-state index contributed by atoms with van der Waals surface area (Å²) in [4.78, 5) is 37.9. The van der Waals surface area contributed by atoms with Crippen LogP contribution in [-0.4, -0.2) is 41.6 Å². The number of carbonyl (C=O) groups is 1. The first-order chi connectivity index (χ1) is 17.4. The van der Waals surface area contributed by atoms with Gasteiger partial charge in [0.25, 0.3) is 5.91 Å². The van der Waals surface area contributed by atoms with E-state index in [0.717, 1.165) is 83.5 Å². The highest BCUT2D eigenvalue weighted by atomic mass is 32.1. The Balaban J connectivity index is 1.42. The van der Waals surface area contributed by atoms with Crippen molar-refractivity contribution >= 4 is 55.6 Å². The van der Waals surface area contributed by atoms with E-state index < -0.39 is 5.91 Å². The number of nitrogens with zero attached hydrogens (tertiary/aromatic N) is 3. The van der Waals surface area contributed by atoms with E-state index in [1.54, 1.807) is 6.07 Å². The summed E-state index contributed by atoms with van der Waals surface area (Å²) in [6.07, 6.45) is 3.74. The van der Waals surface area contributed by atoms with Crippen molar-refractivity contribution in [3.05, 3.63) is 57.2 Å². The van der Waals surface area contributed by atoms with Gasteiger partial charge in [0, 0.05) is 42.5 Å². The largest absolute Gasteiger partial charge is 0.397 e. The maximum Gasteiger partial charge on any atom is 0.260 e. The molecule has 1 aromatic carbocycles. The molecular weight excluding hydrogens is 472 g/mol. The molecule has 0 radical (unpaired) electrons. The van der Waals surface area contributed by atoms with Crippen molar-refractivity contribution in [2.24, 2.45) is 5.73 Å². The molecule has 4 aromatic rings. The zero-order valence-corrected chi connectivity index (χ0v) is 21.5. The number of rotatable bonds is 7. The number of nitrogens with two attached hydrogens (primary N) is 2. The van der Waals surface area contributed by atoms with Gasteiger partial charge in [-0.3, -0.25) is 9.59 Å². The fourth-order valence-corrected chi connectivity index (χ4v) is 6.44. The number of aromatic nitrogens is 2. The molecule has 5 N–H and O–H groups in total. The lowest BCUT2D eigenvalue weighted by Gasteiger charge is -2.40. The average Bonchev–Trinajstić information content (AvgIpc) is 3.22. The van der Waals surface area contributed by atoms with Crippen molar-refractivity contribution in [3.63, 3.8) is 0 Å². The highest BCUT2D eigenvalue weighted by Crippen LogP contribution is 2.38. The number of hydrogen-bond acceptors (Lipinski definition) is 7. The van der Waals surface area contributed by atoms with Crippen molar-refractivity contribution in [2.75, 3.05) is 35.2 Å². The monoisotopic (exact) mass is 504 g/mol. The maximum atomic E-state index is 12.4. The molecular formula is C27H32N6O2S. The Morgan fingerprint density at radius 3 is 2.67 bits per heavy atom. The molecule has 188 valence electrons. The third kappa shape index (κ3) is 4.28. The van der Waals surface area contributed by atoms with Gasteiger partial charge < -0.3 is 26.3 Å². The highest BCUT2D eigenvalue weighted by Gasteiger charge is 2.27. The van der Waals surface area contributed by atoms with Crippen LogP contribution in [0, 0.1) is 0 Å². The highest BCUT2D eigenvalue weighted by molar-refractivity contribution is 7.21. The molecule has 9 heteroatoms. The van der Waals surface area contributed by atoms with Gasteiger partial charge >= 0.3 is 0 Å². The summed E-state index contributed by atoms with van der Waals surface area (Å²) in [5, 5.41) is 1.94. The first-order valence-corrected chi connectivity index (χ1v) is 13.4. The zero-order valence-electron chi connectivity index (χ0n) is 20.7. The number of aromatic amines is 1. The predicted octanol–water partition coefficient (Wildman–Crippen LogP) is 4.27. The Morgan fingerprint density at radius 2 is 1.97 bits per heavy atom. The smallest absolute Gasteiger partial charge is 0.260 e. The molecule has 0 spiro atoms. The molecule has 0 saturated carbocycles. The van der Waals surface area contributed by atoms with Crippen LogP contribution in [0.25, 0.3) is 21.1 Å². The number of hydrogen-bond donors (Lipinski definition) is 3. The molecule has 4 heterocycles. The molecule has 5 rings (SSSR count). The minimum Gasteiger partial charge on any atom is -0.397 e. The van der Waals surface area contributed by atoms with Crippen LogP contribution in [-0.2, 0) is 6.42 Å². The van der Waals surface area contributed by atoms with Crippen molar-refractivity contribution < 1.29 is 4.79 Å². The topological polar surface area (TPSA) is 121 Å². The number of aryl methyl sites for hydroxylation is 1. The summed E-state index contributed by atoms with van der Waals surface area (Å²) in [7, 11) is 0. The number of primary amides is 1. The van der Waals surface area contributed by atoms with Gasteiger partial charge in [-0.1, -0.05) is 31.5 Å². The SMILES string of the molecule is CCCc1cc(N2CCC(N(CC)c3cc(=O)[nH]c4ccccc34)CC2)nc2sc(C(N)=O)c(N)c12. The summed E-state index contributed by atoms with van der Waals surface area (Å²) in [6, 6.07) is 12.2. The fourth-order valence-electron chi connectivity index (χ4n) is 5.45. The van der Waals surface area contributed by atoms with Crippen LogP contribution in [0.15, 0.2) is 41.2 Å². The molecule has 8 nitrogen and oxygen atoms in total. The van der Waals surface area contributed by atoms with Gasteiger partial charge in [-0.25, -0.2) is 4.98 Å². The van der Waals surface area contributed by atoms with Gasteiger partial charge in [0.05, 0.1) is 16.9 Å². The lowest BCUT2D eigenvalue weighted by Crippen LogP contribution is -2.45. The van der Waals surface area contributed by atoms with Gasteiger partial charge in [-0.2, -0.15) is 0 Å². The number of piperidine rings is 1. The number of fused-ring (bicyclic) bond motifs is 2. The van der Waals surface area contributed by atoms with E-state index in [-0.39, 0.29) is 5.56 Å². The molecule has 3 aromatic heterocycles. The van der Waals surface area contributed by atoms with E-state index in [9.17, 15) is 9.59 Å². The van der Waals surface area contributed by atoms with Crippen molar-refractivity contribution in [2.45, 2.75) is 45.6 Å². The van der Waals surface area contributed by atoms with Gasteiger partial charge in [0.1, 0.15) is 15.5 Å². The number of benzene rings is 1. The fraction of sp³-hybridized carbons (Fsp3) is 0.370. The van der Waals surface area contributed by atoms with Gasteiger partial charge in [0.15, 0.2) is 0 Å². The van der Waals surface area contributed by atoms with Crippen LogP contribution in [0.1, 0.15) is 48.3 Å². The molecule has 0 aliphatic carbocycles. The van der Waals surface area contributed by atoms with Crippen molar-refractivity contribution in [3.8, 4) is 0 Å². The molecule has 0 atom stereocenters. The lowest BCUT2D eigenvalue weighted by molar-refractivity contribution is 0.100. The summed E-state index contributed by atoms with van der Waals surface area (Å²) in [5.74, 6) is 0.415. The third-order valence-corrected chi connectivity index (χ3v) is 8.23. The van der Waals surface area contributed by atoms with E-state index in [1.165, 1.54) is 11.3 Å². The third-order valence-electron chi connectivity index (χ3n) is 7.12. The summed E-state index contributed by atoms with van der Waals surface area (Å²) >= 11 is 1.28. The van der Waals surface area contributed by atoms with Gasteiger partial charge in [-0.15, -0.1) is 11.3 Å². The van der Waals surface area contributed by atoms with Gasteiger partial charge in [0.2, 0.25) is 5.56 Å². The second-order valence-corrected chi connectivity index (χ2v) is 10.3. The predicted molar refractivity (Wildman–Crippen MR) is 149 cm³/mol.